The van der Waals surface area contributed by atoms with Crippen molar-refractivity contribution in [3.63, 3.8) is 0 Å². The first-order chi connectivity index (χ1) is 3.43. The van der Waals surface area contributed by atoms with Gasteiger partial charge in [-0.2, -0.15) is 0 Å². The summed E-state index contributed by atoms with van der Waals surface area (Å²) < 4.78 is 0. The molecule has 7 heavy (non-hydrogen) atoms. The first kappa shape index (κ1) is 4.21. The van der Waals surface area contributed by atoms with Gasteiger partial charge in [-0.1, -0.05) is 6.58 Å². The molecule has 0 atom stereocenters. The van der Waals surface area contributed by atoms with Gasteiger partial charge in [-0.25, -0.2) is 0 Å². The Morgan fingerprint density at radius 2 is 2.71 bits per heavy atom. The molecule has 0 spiro atoms. The summed E-state index contributed by atoms with van der Waals surface area (Å²) >= 11 is 0. The summed E-state index contributed by atoms with van der Waals surface area (Å²) in [6.07, 6.45) is 2.97. The summed E-state index contributed by atoms with van der Waals surface area (Å²) in [6.45, 7) is 3.43. The average molecular weight is 99.1 g/mol. The van der Waals surface area contributed by atoms with Crippen LogP contribution in [0.2, 0.25) is 0 Å². The summed E-state index contributed by atoms with van der Waals surface area (Å²) in [4.78, 5) is 9.02. The van der Waals surface area contributed by atoms with E-state index in [4.69, 9.17) is 0 Å². The molecule has 0 amide bonds. The van der Waals surface area contributed by atoms with Crippen LogP contribution in [0.5, 0.6) is 0 Å². The van der Waals surface area contributed by atoms with Gasteiger partial charge >= 0.3 is 0 Å². The van der Waals surface area contributed by atoms with Gasteiger partial charge in [0.25, 0.3) is 0 Å². The molecule has 0 aromatic heterocycles. The van der Waals surface area contributed by atoms with Crippen LogP contribution in [0.25, 0.3) is 0 Å². The van der Waals surface area contributed by atoms with Crippen molar-refractivity contribution in [3.05, 3.63) is 24.7 Å². The topological polar surface area (TPSA) is 30.5 Å². The van der Waals surface area contributed by atoms with Crippen molar-refractivity contribution >= 4 is 0 Å². The lowest BCUT2D eigenvalue weighted by atomic mass is 10.5. The Morgan fingerprint density at radius 3 is 3.00 bits per heavy atom. The minimum absolute atomic E-state index is 0.597. The van der Waals surface area contributed by atoms with Crippen LogP contribution in [0.3, 0.4) is 0 Å². The largest absolute Gasteiger partial charge is 0.377 e. The molecule has 3 heteroatoms. The second-order valence-corrected chi connectivity index (χ2v) is 1.03. The Morgan fingerprint density at radius 1 is 1.86 bits per heavy atom. The van der Waals surface area contributed by atoms with Gasteiger partial charge in [0.2, 0.25) is 0 Å². The van der Waals surface area contributed by atoms with E-state index in [0.717, 1.165) is 0 Å². The fraction of sp³-hybridized carbons (Fsp3) is 0. The van der Waals surface area contributed by atoms with E-state index in [2.05, 4.69) is 21.9 Å². The van der Waals surface area contributed by atoms with E-state index in [1.54, 1.807) is 6.08 Å². The Hall–Kier alpha value is -0.960. The van der Waals surface area contributed by atoms with E-state index in [0.29, 0.717) is 5.76 Å². The second kappa shape index (κ2) is 1.66. The summed E-state index contributed by atoms with van der Waals surface area (Å²) in [5.74, 6) is 0.597. The average Bonchev–Trinajstić information content (AvgIpc) is 2.14. The van der Waals surface area contributed by atoms with E-state index in [1.165, 1.54) is 6.26 Å². The van der Waals surface area contributed by atoms with Crippen LogP contribution >= 0.6 is 0 Å². The minimum Gasteiger partial charge on any atom is -0.377 e. The molecule has 0 saturated carbocycles. The van der Waals surface area contributed by atoms with Crippen LogP contribution in [0.15, 0.2) is 24.7 Å². The van der Waals surface area contributed by atoms with Gasteiger partial charge in [-0.05, 0) is 6.08 Å². The zero-order chi connectivity index (χ0) is 5.11. The predicted octanol–water partition coefficient (Wildman–Crippen LogP) is 0.480. The number of allylic oxidation sites excluding steroid dienone is 1. The second-order valence-electron chi connectivity index (χ2n) is 1.03. The number of nitrogens with one attached hydrogen (secondary N) is 1. The maximum absolute atomic E-state index is 4.57. The van der Waals surface area contributed by atoms with Gasteiger partial charge in [0.1, 0.15) is 0 Å². The van der Waals surface area contributed by atoms with Gasteiger partial charge in [0.15, 0.2) is 12.0 Å². The van der Waals surface area contributed by atoms with E-state index >= 15 is 0 Å². The molecule has 0 unspecified atom stereocenters. The minimum atomic E-state index is 0.597. The number of rotatable bonds is 1. The van der Waals surface area contributed by atoms with Crippen LogP contribution < -0.4 is 5.64 Å². The van der Waals surface area contributed by atoms with Crippen molar-refractivity contribution in [1.29, 1.82) is 0 Å². The summed E-state index contributed by atoms with van der Waals surface area (Å²) in [6, 6.07) is 0. The lowest BCUT2D eigenvalue weighted by Gasteiger charge is -1.88. The van der Waals surface area contributed by atoms with Crippen LogP contribution in [0.1, 0.15) is 0 Å². The molecule has 0 fully saturated rings. The van der Waals surface area contributed by atoms with Gasteiger partial charge in [-0.15, -0.1) is 0 Å². The fourth-order valence-corrected chi connectivity index (χ4v) is 0.268. The van der Waals surface area contributed by atoms with Gasteiger partial charge < -0.3 is 9.68 Å². The Balaban J connectivity index is 2.51. The Bertz CT molecular complexity index is 108. The third-order valence-corrected chi connectivity index (χ3v) is 0.584. The maximum Gasteiger partial charge on any atom is 0.187 e. The highest BCUT2D eigenvalue weighted by Crippen LogP contribution is 2.00. The monoisotopic (exact) mass is 99.0 g/mol. The van der Waals surface area contributed by atoms with Crippen molar-refractivity contribution in [2.24, 2.45) is 0 Å². The molecular formula is C4H5NO2. The highest BCUT2D eigenvalue weighted by atomic mass is 16.9. The molecule has 0 bridgehead atoms. The lowest BCUT2D eigenvalue weighted by Crippen LogP contribution is -2.01. The number of hydrogen-bond donors (Lipinski definition) is 1. The lowest BCUT2D eigenvalue weighted by molar-refractivity contribution is -0.0547. The highest BCUT2D eigenvalue weighted by molar-refractivity contribution is 5.05. The van der Waals surface area contributed by atoms with Crippen molar-refractivity contribution in [2.75, 3.05) is 0 Å². The predicted molar refractivity (Wildman–Crippen MR) is 23.6 cm³/mol. The van der Waals surface area contributed by atoms with Gasteiger partial charge in [0.05, 0.1) is 0 Å². The standard InChI is InChI=1S/C4H5NO2/c1-2-4-3-6-5-7-4/h2-3,5H,1H2. The van der Waals surface area contributed by atoms with Crippen molar-refractivity contribution in [1.82, 2.24) is 5.64 Å². The molecule has 1 N–H and O–H groups in total. The summed E-state index contributed by atoms with van der Waals surface area (Å²) in [7, 11) is 0. The Labute approximate surface area is 41.1 Å². The van der Waals surface area contributed by atoms with Crippen molar-refractivity contribution in [2.45, 2.75) is 0 Å². The molecule has 0 radical (unpaired) electrons. The van der Waals surface area contributed by atoms with Crippen LogP contribution in [0.4, 0.5) is 0 Å². The zero-order valence-electron chi connectivity index (χ0n) is 3.68. The first-order valence-electron chi connectivity index (χ1n) is 1.83. The van der Waals surface area contributed by atoms with Crippen molar-refractivity contribution < 1.29 is 9.68 Å². The third-order valence-electron chi connectivity index (χ3n) is 0.584. The highest BCUT2D eigenvalue weighted by Gasteiger charge is 1.97. The third kappa shape index (κ3) is 0.721. The molecule has 38 valence electrons. The van der Waals surface area contributed by atoms with Gasteiger partial charge in [0, 0.05) is 5.64 Å². The molecular weight excluding hydrogens is 94.0 g/mol. The van der Waals surface area contributed by atoms with E-state index in [1.807, 2.05) is 0 Å². The molecule has 0 aliphatic carbocycles. The number of hydrogen-bond acceptors (Lipinski definition) is 3. The summed E-state index contributed by atoms with van der Waals surface area (Å²) in [5, 5.41) is 0. The van der Waals surface area contributed by atoms with E-state index < -0.39 is 0 Å². The normalized spacial score (nSPS) is 16.9. The quantitative estimate of drug-likeness (QED) is 0.518. The smallest absolute Gasteiger partial charge is 0.187 e. The van der Waals surface area contributed by atoms with Crippen LogP contribution in [-0.4, -0.2) is 0 Å². The molecule has 1 rings (SSSR count). The zero-order valence-corrected chi connectivity index (χ0v) is 3.68. The molecule has 1 aliphatic heterocycles. The molecule has 1 aliphatic rings. The molecule has 3 nitrogen and oxygen atoms in total. The SMILES string of the molecule is C=CC1=CONO1. The molecule has 0 aromatic carbocycles. The Kier molecular flexibility index (Phi) is 0.997. The van der Waals surface area contributed by atoms with Gasteiger partial charge in [-0.3, -0.25) is 0 Å². The first-order valence-corrected chi connectivity index (χ1v) is 1.83. The molecule has 0 saturated heterocycles. The van der Waals surface area contributed by atoms with Crippen molar-refractivity contribution in [3.8, 4) is 0 Å². The fourth-order valence-electron chi connectivity index (χ4n) is 0.268. The van der Waals surface area contributed by atoms with E-state index in [9.17, 15) is 0 Å². The van der Waals surface area contributed by atoms with Crippen LogP contribution in [0, 0.1) is 0 Å². The maximum atomic E-state index is 4.57. The summed E-state index contributed by atoms with van der Waals surface area (Å²) in [5.41, 5.74) is 2.16. The molecule has 1 heterocycles. The van der Waals surface area contributed by atoms with E-state index in [-0.39, 0.29) is 0 Å². The van der Waals surface area contributed by atoms with Crippen LogP contribution in [-0.2, 0) is 9.68 Å². The molecule has 0 aromatic rings.